The first-order valence-corrected chi connectivity index (χ1v) is 7.45. The van der Waals surface area contributed by atoms with E-state index in [0.717, 1.165) is 0 Å². The van der Waals surface area contributed by atoms with Crippen LogP contribution in [0.5, 0.6) is 0 Å². The van der Waals surface area contributed by atoms with E-state index < -0.39 is 47.7 Å². The third-order valence-corrected chi connectivity index (χ3v) is 4.14. The second-order valence-corrected chi connectivity index (χ2v) is 5.78. The molecule has 0 aromatic carbocycles. The van der Waals surface area contributed by atoms with Gasteiger partial charge in [0.25, 0.3) is 0 Å². The Kier molecular flexibility index (Phi) is 5.81. The fraction of sp³-hybridized carbons (Fsp3) is 0.600. The highest BCUT2D eigenvalue weighted by molar-refractivity contribution is 5.98. The van der Waals surface area contributed by atoms with Gasteiger partial charge in [0.05, 0.1) is 37.4 Å². The molecular weight excluding hydrogens is 324 g/mol. The highest BCUT2D eigenvalue weighted by atomic mass is 16.6. The van der Waals surface area contributed by atoms with Gasteiger partial charge in [0.2, 0.25) is 0 Å². The van der Waals surface area contributed by atoms with E-state index in [2.05, 4.69) is 9.47 Å². The Labute approximate surface area is 136 Å². The standard InChI is InChI=1S/C12H10O6.C3H8O3/c13-9-4-7(11(15)17-9)5-1-2-6-8(3-5)12(16)18-10(6)14;4-1-3(6)2-5/h1-2,5-8H,3-4H2;3-6H,1-2H2. The van der Waals surface area contributed by atoms with Gasteiger partial charge in [0.1, 0.15) is 6.10 Å². The van der Waals surface area contributed by atoms with Crippen molar-refractivity contribution in [2.24, 2.45) is 23.7 Å². The average Bonchev–Trinajstić information content (AvgIpc) is 3.05. The van der Waals surface area contributed by atoms with Crippen molar-refractivity contribution in [3.63, 3.8) is 0 Å². The van der Waals surface area contributed by atoms with E-state index >= 15 is 0 Å². The lowest BCUT2D eigenvalue weighted by Crippen LogP contribution is -2.28. The summed E-state index contributed by atoms with van der Waals surface area (Å²) in [5.41, 5.74) is 0. The van der Waals surface area contributed by atoms with Crippen LogP contribution in [0.3, 0.4) is 0 Å². The van der Waals surface area contributed by atoms with Crippen molar-refractivity contribution in [3.8, 4) is 0 Å². The van der Waals surface area contributed by atoms with Crippen LogP contribution >= 0.6 is 0 Å². The van der Waals surface area contributed by atoms with Gasteiger partial charge in [0, 0.05) is 0 Å². The van der Waals surface area contributed by atoms with E-state index in [4.69, 9.17) is 15.3 Å². The quantitative estimate of drug-likeness (QED) is 0.310. The molecule has 0 spiro atoms. The van der Waals surface area contributed by atoms with Crippen molar-refractivity contribution in [3.05, 3.63) is 12.2 Å². The van der Waals surface area contributed by atoms with Crippen LogP contribution in [0.15, 0.2) is 12.2 Å². The van der Waals surface area contributed by atoms with Gasteiger partial charge in [-0.3, -0.25) is 19.2 Å². The fourth-order valence-electron chi connectivity index (χ4n) is 2.82. The first kappa shape index (κ1) is 18.2. The Morgan fingerprint density at radius 3 is 2.08 bits per heavy atom. The molecule has 4 unspecified atom stereocenters. The minimum Gasteiger partial charge on any atom is -0.394 e. The molecule has 2 heterocycles. The third kappa shape index (κ3) is 3.86. The number of hydrogen-bond donors (Lipinski definition) is 3. The SMILES string of the molecule is O=C1CC(C2C=CC3C(=O)OC(=O)C3C2)C(=O)O1.OCC(O)CO. The molecule has 0 radical (unpaired) electrons. The van der Waals surface area contributed by atoms with Gasteiger partial charge in [-0.15, -0.1) is 0 Å². The molecule has 3 aliphatic rings. The number of rotatable bonds is 3. The van der Waals surface area contributed by atoms with E-state index in [1.54, 1.807) is 12.2 Å². The van der Waals surface area contributed by atoms with Crippen LogP contribution in [0.4, 0.5) is 0 Å². The van der Waals surface area contributed by atoms with Gasteiger partial charge in [-0.05, 0) is 12.3 Å². The van der Waals surface area contributed by atoms with Crippen LogP contribution in [-0.2, 0) is 28.7 Å². The van der Waals surface area contributed by atoms with Crippen LogP contribution in [-0.4, -0.2) is 58.5 Å². The molecule has 9 nitrogen and oxygen atoms in total. The maximum atomic E-state index is 11.5. The second kappa shape index (κ2) is 7.65. The maximum absolute atomic E-state index is 11.5. The topological polar surface area (TPSA) is 147 Å². The number of hydrogen-bond acceptors (Lipinski definition) is 9. The summed E-state index contributed by atoms with van der Waals surface area (Å²) >= 11 is 0. The molecule has 0 aromatic rings. The zero-order valence-corrected chi connectivity index (χ0v) is 12.7. The summed E-state index contributed by atoms with van der Waals surface area (Å²) in [6, 6.07) is 0. The minimum absolute atomic E-state index is 0.0359. The molecule has 0 amide bonds. The zero-order valence-electron chi connectivity index (χ0n) is 12.7. The number of cyclic esters (lactones) is 4. The Hall–Kier alpha value is -2.10. The lowest BCUT2D eigenvalue weighted by molar-refractivity contribution is -0.155. The van der Waals surface area contributed by atoms with Crippen LogP contribution < -0.4 is 0 Å². The molecule has 0 bridgehead atoms. The molecule has 3 rings (SSSR count). The van der Waals surface area contributed by atoms with Gasteiger partial charge < -0.3 is 24.8 Å². The number of carbonyl (C=O) groups is 4. The normalized spacial score (nSPS) is 31.5. The molecule has 4 atom stereocenters. The van der Waals surface area contributed by atoms with E-state index in [9.17, 15) is 19.2 Å². The summed E-state index contributed by atoms with van der Waals surface area (Å²) in [6.45, 7) is -0.729. The Morgan fingerprint density at radius 2 is 1.58 bits per heavy atom. The zero-order chi connectivity index (χ0) is 17.9. The number of carbonyl (C=O) groups excluding carboxylic acids is 4. The second-order valence-electron chi connectivity index (χ2n) is 5.78. The summed E-state index contributed by atoms with van der Waals surface area (Å²) in [7, 11) is 0. The molecule has 132 valence electrons. The van der Waals surface area contributed by atoms with Gasteiger partial charge in [-0.25, -0.2) is 0 Å². The lowest BCUT2D eigenvalue weighted by atomic mass is 9.75. The number of allylic oxidation sites excluding steroid dienone is 1. The number of esters is 4. The predicted octanol–water partition coefficient (Wildman–Crippen LogP) is -1.70. The largest absolute Gasteiger partial charge is 0.394 e. The van der Waals surface area contributed by atoms with Crippen LogP contribution in [0, 0.1) is 23.7 Å². The molecule has 2 fully saturated rings. The molecule has 3 N–H and O–H groups in total. The van der Waals surface area contributed by atoms with Crippen molar-refractivity contribution in [2.75, 3.05) is 13.2 Å². The monoisotopic (exact) mass is 342 g/mol. The molecule has 9 heteroatoms. The van der Waals surface area contributed by atoms with Crippen molar-refractivity contribution >= 4 is 23.9 Å². The van der Waals surface area contributed by atoms with Crippen LogP contribution in [0.1, 0.15) is 12.8 Å². The molecule has 2 saturated heterocycles. The van der Waals surface area contributed by atoms with Crippen molar-refractivity contribution in [1.82, 2.24) is 0 Å². The smallest absolute Gasteiger partial charge is 0.321 e. The molecular formula is C15H18O9. The highest BCUT2D eigenvalue weighted by Gasteiger charge is 2.49. The Morgan fingerprint density at radius 1 is 0.958 bits per heavy atom. The summed E-state index contributed by atoms with van der Waals surface area (Å²) in [5.74, 6) is -4.03. The predicted molar refractivity (Wildman–Crippen MR) is 74.7 cm³/mol. The number of fused-ring (bicyclic) bond motifs is 1. The lowest BCUT2D eigenvalue weighted by Gasteiger charge is -2.24. The number of aliphatic hydroxyl groups is 3. The van der Waals surface area contributed by atoms with Gasteiger partial charge in [0.15, 0.2) is 0 Å². The van der Waals surface area contributed by atoms with Crippen molar-refractivity contribution < 1.29 is 44.0 Å². The van der Waals surface area contributed by atoms with Gasteiger partial charge >= 0.3 is 23.9 Å². The minimum atomic E-state index is -0.954. The number of aliphatic hydroxyl groups excluding tert-OH is 3. The Balaban J connectivity index is 0.000000301. The number of ether oxygens (including phenoxy) is 2. The van der Waals surface area contributed by atoms with Crippen molar-refractivity contribution in [1.29, 1.82) is 0 Å². The molecule has 0 aromatic heterocycles. The summed E-state index contributed by atoms with van der Waals surface area (Å²) in [4.78, 5) is 45.3. The van der Waals surface area contributed by atoms with E-state index in [1.165, 1.54) is 0 Å². The third-order valence-electron chi connectivity index (χ3n) is 4.14. The maximum Gasteiger partial charge on any atom is 0.321 e. The molecule has 2 aliphatic heterocycles. The van der Waals surface area contributed by atoms with Gasteiger partial charge in [-0.1, -0.05) is 12.2 Å². The van der Waals surface area contributed by atoms with Crippen LogP contribution in [0.2, 0.25) is 0 Å². The highest BCUT2D eigenvalue weighted by Crippen LogP contribution is 2.40. The van der Waals surface area contributed by atoms with Crippen molar-refractivity contribution in [2.45, 2.75) is 18.9 Å². The molecule has 24 heavy (non-hydrogen) atoms. The first-order chi connectivity index (χ1) is 11.4. The van der Waals surface area contributed by atoms with E-state index in [1.807, 2.05) is 0 Å². The average molecular weight is 342 g/mol. The molecule has 0 saturated carbocycles. The molecule has 1 aliphatic carbocycles. The Bertz CT molecular complexity index is 563. The summed E-state index contributed by atoms with van der Waals surface area (Å²) < 4.78 is 9.05. The van der Waals surface area contributed by atoms with Gasteiger partial charge in [-0.2, -0.15) is 0 Å². The summed E-state index contributed by atoms with van der Waals surface area (Å²) in [6.07, 6.45) is 2.74. The van der Waals surface area contributed by atoms with E-state index in [-0.39, 0.29) is 25.6 Å². The van der Waals surface area contributed by atoms with Crippen LogP contribution in [0.25, 0.3) is 0 Å². The summed E-state index contributed by atoms with van der Waals surface area (Å²) in [5, 5.41) is 24.0. The fourth-order valence-corrected chi connectivity index (χ4v) is 2.82. The van der Waals surface area contributed by atoms with E-state index in [0.29, 0.717) is 6.42 Å². The first-order valence-electron chi connectivity index (χ1n) is 7.45.